The van der Waals surface area contributed by atoms with E-state index in [-0.39, 0.29) is 0 Å². The smallest absolute Gasteiger partial charge is 0.0581 e. The lowest BCUT2D eigenvalue weighted by Crippen LogP contribution is -1.93. The fourth-order valence-corrected chi connectivity index (χ4v) is 1.36. The van der Waals surface area contributed by atoms with Gasteiger partial charge in [0.25, 0.3) is 0 Å². The second-order valence-electron chi connectivity index (χ2n) is 2.30. The third-order valence-electron chi connectivity index (χ3n) is 1.46. The number of nitrogens with one attached hydrogen (secondary N) is 1. The van der Waals surface area contributed by atoms with Crippen molar-refractivity contribution >= 4 is 34.2 Å². The second kappa shape index (κ2) is 4.02. The van der Waals surface area contributed by atoms with Crippen LogP contribution in [0.4, 0.5) is 5.69 Å². The van der Waals surface area contributed by atoms with Gasteiger partial charge in [-0.15, -0.1) is 0 Å². The average molecular weight is 232 g/mol. The van der Waals surface area contributed by atoms with Crippen LogP contribution in [0.5, 0.6) is 0 Å². The molecule has 0 bridgehead atoms. The summed E-state index contributed by atoms with van der Waals surface area (Å²) in [6, 6.07) is 6.15. The second-order valence-corrected chi connectivity index (χ2v) is 3.47. The topological polar surface area (TPSA) is 12.0 Å². The molecule has 0 aliphatic rings. The molecule has 0 saturated heterocycles. The molecule has 0 fully saturated rings. The van der Waals surface area contributed by atoms with Crippen LogP contribution in [-0.4, -0.2) is 5.88 Å². The molecule has 0 spiro atoms. The Morgan fingerprint density at radius 2 is 2.27 bits per heavy atom. The van der Waals surface area contributed by atoms with Crippen molar-refractivity contribution in [2.45, 2.75) is 6.92 Å². The zero-order valence-corrected chi connectivity index (χ0v) is 8.74. The minimum absolute atomic E-state index is 0.662. The third-order valence-corrected chi connectivity index (χ3v) is 2.47. The van der Waals surface area contributed by atoms with E-state index in [1.165, 1.54) is 5.56 Å². The summed E-state index contributed by atoms with van der Waals surface area (Å²) < 4.78 is 1.13. The first-order chi connectivity index (χ1) is 5.24. The van der Waals surface area contributed by atoms with E-state index in [1.54, 1.807) is 0 Å². The molecule has 1 aromatic carbocycles. The van der Waals surface area contributed by atoms with Gasteiger partial charge < -0.3 is 5.32 Å². The first-order valence-electron chi connectivity index (χ1n) is 3.35. The lowest BCUT2D eigenvalue weighted by atomic mass is 10.2. The van der Waals surface area contributed by atoms with Crippen molar-refractivity contribution in [1.82, 2.24) is 0 Å². The molecule has 0 amide bonds. The van der Waals surface area contributed by atoms with Crippen LogP contribution in [0.15, 0.2) is 22.7 Å². The molecule has 0 aliphatic carbocycles. The van der Waals surface area contributed by atoms with E-state index in [4.69, 9.17) is 0 Å². The van der Waals surface area contributed by atoms with Crippen LogP contribution in [0.2, 0.25) is 0 Å². The predicted molar refractivity (Wildman–Crippen MR) is 56.4 cm³/mol. The molecule has 1 nitrogen and oxygen atoms in total. The van der Waals surface area contributed by atoms with Gasteiger partial charge in [-0.2, -0.15) is 12.6 Å². The predicted octanol–water partition coefficient (Wildman–Crippen LogP) is 3.06. The monoisotopic (exact) mass is 231 g/mol. The molecule has 0 saturated carbocycles. The molecule has 0 aliphatic heterocycles. The number of anilines is 1. The molecule has 0 heterocycles. The SMILES string of the molecule is Cc1ccc(NCS)cc1Br. The summed E-state index contributed by atoms with van der Waals surface area (Å²) in [6.45, 7) is 2.06. The zero-order chi connectivity index (χ0) is 8.27. The number of rotatable bonds is 2. The van der Waals surface area contributed by atoms with Gasteiger partial charge in [0.2, 0.25) is 0 Å². The van der Waals surface area contributed by atoms with Gasteiger partial charge in [0.1, 0.15) is 0 Å². The molecule has 1 aromatic rings. The first kappa shape index (κ1) is 8.94. The molecule has 1 rings (SSSR count). The van der Waals surface area contributed by atoms with Gasteiger partial charge >= 0.3 is 0 Å². The van der Waals surface area contributed by atoms with Gasteiger partial charge in [-0.05, 0) is 24.6 Å². The summed E-state index contributed by atoms with van der Waals surface area (Å²) >= 11 is 7.52. The van der Waals surface area contributed by atoms with Crippen molar-refractivity contribution in [3.63, 3.8) is 0 Å². The van der Waals surface area contributed by atoms with E-state index in [9.17, 15) is 0 Å². The normalized spacial score (nSPS) is 9.73. The van der Waals surface area contributed by atoms with E-state index < -0.39 is 0 Å². The Morgan fingerprint density at radius 1 is 1.55 bits per heavy atom. The quantitative estimate of drug-likeness (QED) is 0.590. The molecule has 11 heavy (non-hydrogen) atoms. The molecule has 0 atom stereocenters. The Bertz CT molecular complexity index is 250. The summed E-state index contributed by atoms with van der Waals surface area (Å²) in [5, 5.41) is 3.11. The molecule has 0 radical (unpaired) electrons. The number of hydrogen-bond donors (Lipinski definition) is 2. The minimum atomic E-state index is 0.662. The minimum Gasteiger partial charge on any atom is -0.376 e. The maximum atomic E-state index is 4.07. The summed E-state index contributed by atoms with van der Waals surface area (Å²) in [6.07, 6.45) is 0. The Morgan fingerprint density at radius 3 is 2.82 bits per heavy atom. The van der Waals surface area contributed by atoms with Crippen LogP contribution in [0, 0.1) is 6.92 Å². The molecule has 60 valence electrons. The van der Waals surface area contributed by atoms with Crippen molar-refractivity contribution in [2.24, 2.45) is 0 Å². The van der Waals surface area contributed by atoms with E-state index >= 15 is 0 Å². The van der Waals surface area contributed by atoms with Crippen LogP contribution in [0.25, 0.3) is 0 Å². The van der Waals surface area contributed by atoms with Gasteiger partial charge in [0.05, 0.1) is 5.88 Å². The maximum absolute atomic E-state index is 4.07. The van der Waals surface area contributed by atoms with Crippen molar-refractivity contribution in [1.29, 1.82) is 0 Å². The van der Waals surface area contributed by atoms with Crippen molar-refractivity contribution < 1.29 is 0 Å². The van der Waals surface area contributed by atoms with Gasteiger partial charge in [-0.1, -0.05) is 22.0 Å². The van der Waals surface area contributed by atoms with Crippen LogP contribution in [-0.2, 0) is 0 Å². The number of benzene rings is 1. The molecule has 0 aromatic heterocycles. The zero-order valence-electron chi connectivity index (χ0n) is 6.26. The lowest BCUT2D eigenvalue weighted by molar-refractivity contribution is 1.39. The maximum Gasteiger partial charge on any atom is 0.0581 e. The van der Waals surface area contributed by atoms with Crippen LogP contribution in [0.3, 0.4) is 0 Å². The van der Waals surface area contributed by atoms with Gasteiger partial charge in [0, 0.05) is 10.2 Å². The van der Waals surface area contributed by atoms with Gasteiger partial charge in [-0.3, -0.25) is 0 Å². The molecular weight excluding hydrogens is 222 g/mol. The number of halogens is 1. The van der Waals surface area contributed by atoms with Crippen molar-refractivity contribution in [3.05, 3.63) is 28.2 Å². The summed E-state index contributed by atoms with van der Waals surface area (Å²) in [5.74, 6) is 0.662. The number of hydrogen-bond acceptors (Lipinski definition) is 2. The standard InChI is InChI=1S/C8H10BrNS/c1-6-2-3-7(10-5-11)4-8(6)9/h2-4,10-11H,5H2,1H3. The van der Waals surface area contributed by atoms with E-state index in [1.807, 2.05) is 12.1 Å². The van der Waals surface area contributed by atoms with Crippen LogP contribution >= 0.6 is 28.6 Å². The van der Waals surface area contributed by atoms with Crippen molar-refractivity contribution in [2.75, 3.05) is 11.2 Å². The highest BCUT2D eigenvalue weighted by atomic mass is 79.9. The summed E-state index contributed by atoms with van der Waals surface area (Å²) in [7, 11) is 0. The lowest BCUT2D eigenvalue weighted by Gasteiger charge is -2.04. The first-order valence-corrected chi connectivity index (χ1v) is 4.77. The Labute approximate surface area is 80.7 Å². The number of thiol groups is 1. The molecule has 0 unspecified atom stereocenters. The average Bonchev–Trinajstić information content (AvgIpc) is 1.98. The number of aryl methyl sites for hydroxylation is 1. The van der Waals surface area contributed by atoms with Crippen LogP contribution in [0.1, 0.15) is 5.56 Å². The molecular formula is C8H10BrNS. The highest BCUT2D eigenvalue weighted by Gasteiger charge is 1.94. The van der Waals surface area contributed by atoms with E-state index in [0.29, 0.717) is 5.88 Å². The fourth-order valence-electron chi connectivity index (χ4n) is 0.794. The highest BCUT2D eigenvalue weighted by molar-refractivity contribution is 9.10. The summed E-state index contributed by atoms with van der Waals surface area (Å²) in [4.78, 5) is 0. The van der Waals surface area contributed by atoms with Gasteiger partial charge in [-0.25, -0.2) is 0 Å². The Hall–Kier alpha value is -0.150. The largest absolute Gasteiger partial charge is 0.376 e. The van der Waals surface area contributed by atoms with Gasteiger partial charge in [0.15, 0.2) is 0 Å². The fraction of sp³-hybridized carbons (Fsp3) is 0.250. The highest BCUT2D eigenvalue weighted by Crippen LogP contribution is 2.20. The third kappa shape index (κ3) is 2.42. The Kier molecular flexibility index (Phi) is 3.27. The van der Waals surface area contributed by atoms with Crippen molar-refractivity contribution in [3.8, 4) is 0 Å². The Balaban J connectivity index is 2.86. The molecule has 3 heteroatoms. The van der Waals surface area contributed by atoms with E-state index in [2.05, 4.69) is 46.9 Å². The van der Waals surface area contributed by atoms with E-state index in [0.717, 1.165) is 10.2 Å². The van der Waals surface area contributed by atoms with Crippen LogP contribution < -0.4 is 5.32 Å². The molecule has 1 N–H and O–H groups in total. The summed E-state index contributed by atoms with van der Waals surface area (Å²) in [5.41, 5.74) is 2.34.